The molecule has 8 radical (unpaired) electrons. The third-order valence-electron chi connectivity index (χ3n) is 2.37. The number of rotatable bonds is 0. The van der Waals surface area contributed by atoms with Gasteiger partial charge in [0.1, 0.15) is 11.4 Å². The standard InChI is InChI=1S/C10H13B4NO3/c1-8(2,3)18-7(17)15-9(11,12)4-6(16)5-10(15,13)14/h4-5H2,1-3H3. The summed E-state index contributed by atoms with van der Waals surface area (Å²) < 4.78 is 5.14. The molecule has 1 amide bonds. The van der Waals surface area contributed by atoms with Crippen molar-refractivity contribution in [2.24, 2.45) is 0 Å². The molecule has 0 spiro atoms. The Morgan fingerprint density at radius 3 is 1.89 bits per heavy atom. The van der Waals surface area contributed by atoms with E-state index in [1.165, 1.54) is 0 Å². The normalized spacial score (nSPS) is 22.6. The molecule has 88 valence electrons. The highest BCUT2D eigenvalue weighted by atomic mass is 16.6. The first-order valence-corrected chi connectivity index (χ1v) is 5.56. The van der Waals surface area contributed by atoms with Gasteiger partial charge in [0.15, 0.2) is 0 Å². The van der Waals surface area contributed by atoms with Crippen LogP contribution in [-0.4, -0.2) is 64.4 Å². The topological polar surface area (TPSA) is 46.6 Å². The van der Waals surface area contributed by atoms with Gasteiger partial charge in [0.05, 0.1) is 31.4 Å². The van der Waals surface area contributed by atoms with Crippen LogP contribution in [0.3, 0.4) is 0 Å². The fourth-order valence-corrected chi connectivity index (χ4v) is 1.89. The van der Waals surface area contributed by atoms with E-state index in [1.54, 1.807) is 20.8 Å². The summed E-state index contributed by atoms with van der Waals surface area (Å²) >= 11 is 0. The highest BCUT2D eigenvalue weighted by Gasteiger charge is 2.47. The SMILES string of the molecule is [B]C1([B])CC(=O)CC([B])([B])N1C(=O)OC(C)(C)C. The van der Waals surface area contributed by atoms with Gasteiger partial charge in [-0.15, -0.1) is 0 Å². The van der Waals surface area contributed by atoms with E-state index in [2.05, 4.69) is 0 Å². The zero-order valence-electron chi connectivity index (χ0n) is 10.9. The van der Waals surface area contributed by atoms with E-state index in [4.69, 9.17) is 36.1 Å². The Kier molecular flexibility index (Phi) is 3.72. The number of likely N-dealkylation sites (tertiary alicyclic amines) is 1. The smallest absolute Gasteiger partial charge is 0.408 e. The highest BCUT2D eigenvalue weighted by Crippen LogP contribution is 2.31. The third-order valence-corrected chi connectivity index (χ3v) is 2.37. The van der Waals surface area contributed by atoms with Crippen molar-refractivity contribution >= 4 is 43.3 Å². The second-order valence-electron chi connectivity index (χ2n) is 5.69. The van der Waals surface area contributed by atoms with E-state index in [1.807, 2.05) is 0 Å². The number of ether oxygens (including phenoxy) is 1. The maximum absolute atomic E-state index is 12.0. The van der Waals surface area contributed by atoms with Crippen LogP contribution >= 0.6 is 0 Å². The number of ketones is 1. The van der Waals surface area contributed by atoms with Gasteiger partial charge in [0, 0.05) is 12.8 Å². The molecule has 1 saturated heterocycles. The first-order valence-electron chi connectivity index (χ1n) is 5.56. The average molecular weight is 238 g/mol. The van der Waals surface area contributed by atoms with Gasteiger partial charge in [-0.25, -0.2) is 4.79 Å². The molecule has 1 rings (SSSR count). The molecule has 0 saturated carbocycles. The number of nitrogens with zero attached hydrogens (tertiary/aromatic N) is 1. The fraction of sp³-hybridized carbons (Fsp3) is 0.800. The molecule has 0 aromatic heterocycles. The van der Waals surface area contributed by atoms with Gasteiger partial charge >= 0.3 is 6.09 Å². The number of hydrogen-bond acceptors (Lipinski definition) is 3. The minimum Gasteiger partial charge on any atom is -0.444 e. The van der Waals surface area contributed by atoms with Crippen LogP contribution in [0.1, 0.15) is 33.6 Å². The third kappa shape index (κ3) is 3.36. The van der Waals surface area contributed by atoms with Crippen LogP contribution in [0, 0.1) is 0 Å². The van der Waals surface area contributed by atoms with Crippen LogP contribution in [0.25, 0.3) is 0 Å². The van der Waals surface area contributed by atoms with E-state index >= 15 is 0 Å². The maximum Gasteiger partial charge on any atom is 0.408 e. The number of carbonyl (C=O) groups is 2. The molecule has 0 N–H and O–H groups in total. The van der Waals surface area contributed by atoms with Gasteiger partial charge in [-0.3, -0.25) is 4.79 Å². The lowest BCUT2D eigenvalue weighted by Crippen LogP contribution is -2.69. The van der Waals surface area contributed by atoms with Gasteiger partial charge in [-0.2, -0.15) is 0 Å². The summed E-state index contributed by atoms with van der Waals surface area (Å²) in [6, 6.07) is 0. The number of hydrogen-bond donors (Lipinski definition) is 0. The lowest BCUT2D eigenvalue weighted by Gasteiger charge is -2.53. The summed E-state index contributed by atoms with van der Waals surface area (Å²) in [6.45, 7) is 5.05. The second kappa shape index (κ2) is 4.39. The summed E-state index contributed by atoms with van der Waals surface area (Å²) in [5, 5.41) is -3.50. The molecular formula is C10H13B4NO3. The van der Waals surface area contributed by atoms with Crippen molar-refractivity contribution < 1.29 is 14.3 Å². The van der Waals surface area contributed by atoms with Crippen molar-refractivity contribution in [2.75, 3.05) is 0 Å². The van der Waals surface area contributed by atoms with Crippen molar-refractivity contribution in [3.8, 4) is 0 Å². The molecule has 8 heteroatoms. The molecule has 1 heterocycles. The molecule has 0 aromatic rings. The summed E-state index contributed by atoms with van der Waals surface area (Å²) in [5.74, 6) is -0.301. The van der Waals surface area contributed by atoms with Crippen molar-refractivity contribution in [3.05, 3.63) is 0 Å². The van der Waals surface area contributed by atoms with E-state index in [0.29, 0.717) is 0 Å². The predicted octanol–water partition coefficient (Wildman–Crippen LogP) is -0.432. The molecule has 1 aliphatic rings. The van der Waals surface area contributed by atoms with Crippen molar-refractivity contribution in [2.45, 2.75) is 49.9 Å². The van der Waals surface area contributed by atoms with Gasteiger partial charge in [-0.05, 0) is 31.4 Å². The van der Waals surface area contributed by atoms with Gasteiger partial charge in [0.25, 0.3) is 0 Å². The molecule has 1 fully saturated rings. The quantitative estimate of drug-likeness (QED) is 0.538. The van der Waals surface area contributed by atoms with Gasteiger partial charge < -0.3 is 9.64 Å². The zero-order chi connectivity index (χ0) is 14.4. The average Bonchev–Trinajstić information content (AvgIpc) is 1.90. The molecule has 0 bridgehead atoms. The Labute approximate surface area is 113 Å². The summed E-state index contributed by atoms with van der Waals surface area (Å²) in [5.41, 5.74) is -0.745. The number of piperidine rings is 1. The molecule has 0 aromatic carbocycles. The Morgan fingerprint density at radius 1 is 1.17 bits per heavy atom. The molecule has 0 aliphatic carbocycles. The second-order valence-corrected chi connectivity index (χ2v) is 5.69. The van der Waals surface area contributed by atoms with Gasteiger partial charge in [-0.1, -0.05) is 0 Å². The lowest BCUT2D eigenvalue weighted by atomic mass is 9.47. The highest BCUT2D eigenvalue weighted by molar-refractivity contribution is 6.47. The first kappa shape index (κ1) is 15.3. The zero-order valence-corrected chi connectivity index (χ0v) is 10.9. The molecule has 4 nitrogen and oxygen atoms in total. The summed E-state index contributed by atoms with van der Waals surface area (Å²) in [6.07, 6.45) is -1.28. The maximum atomic E-state index is 12.0. The van der Waals surface area contributed by atoms with Crippen molar-refractivity contribution in [1.82, 2.24) is 4.90 Å². The van der Waals surface area contributed by atoms with Crippen LogP contribution in [0.2, 0.25) is 0 Å². The Hall–Kier alpha value is -0.800. The Balaban J connectivity index is 3.03. The van der Waals surface area contributed by atoms with Crippen LogP contribution in [0.15, 0.2) is 0 Å². The summed E-state index contributed by atoms with van der Waals surface area (Å²) in [7, 11) is 22.9. The summed E-state index contributed by atoms with van der Waals surface area (Å²) in [4.78, 5) is 24.3. The molecule has 18 heavy (non-hydrogen) atoms. The fourth-order valence-electron chi connectivity index (χ4n) is 1.89. The predicted molar refractivity (Wildman–Crippen MR) is 70.8 cm³/mol. The Bertz CT molecular complexity index is 356. The van der Waals surface area contributed by atoms with Crippen molar-refractivity contribution in [1.29, 1.82) is 0 Å². The van der Waals surface area contributed by atoms with Gasteiger partial charge in [0.2, 0.25) is 0 Å². The minimum absolute atomic E-state index is 0.220. The first-order chi connectivity index (χ1) is 7.85. The molecular weight excluding hydrogens is 225 g/mol. The van der Waals surface area contributed by atoms with Crippen LogP contribution in [-0.2, 0) is 9.53 Å². The van der Waals surface area contributed by atoms with Crippen molar-refractivity contribution in [3.63, 3.8) is 0 Å². The monoisotopic (exact) mass is 239 g/mol. The van der Waals surface area contributed by atoms with E-state index in [9.17, 15) is 9.59 Å². The Morgan fingerprint density at radius 2 is 1.56 bits per heavy atom. The molecule has 0 unspecified atom stereocenters. The number of amides is 1. The van der Waals surface area contributed by atoms with Crippen LogP contribution < -0.4 is 0 Å². The number of carbonyl (C=O) groups excluding carboxylic acids is 2. The minimum atomic E-state index is -1.75. The number of Topliss-reactive ketones (excluding diaryl/α,β-unsaturated/α-hetero) is 1. The van der Waals surface area contributed by atoms with Crippen LogP contribution in [0.4, 0.5) is 4.79 Å². The molecule has 1 aliphatic heterocycles. The molecule has 0 atom stereocenters. The van der Waals surface area contributed by atoms with E-state index in [-0.39, 0.29) is 18.6 Å². The van der Waals surface area contributed by atoms with E-state index < -0.39 is 22.4 Å². The largest absolute Gasteiger partial charge is 0.444 e. The van der Waals surface area contributed by atoms with E-state index in [0.717, 1.165) is 4.90 Å². The van der Waals surface area contributed by atoms with Crippen LogP contribution in [0.5, 0.6) is 0 Å². The lowest BCUT2D eigenvalue weighted by molar-refractivity contribution is -0.123.